The molecule has 0 spiro atoms. The van der Waals surface area contributed by atoms with Crippen LogP contribution in [0.5, 0.6) is 0 Å². The number of imidazole rings is 1. The van der Waals surface area contributed by atoms with Crippen LogP contribution >= 0.6 is 11.6 Å². The molecule has 3 rings (SSSR count). The van der Waals surface area contributed by atoms with Crippen molar-refractivity contribution in [2.24, 2.45) is 0 Å². The molecule has 3 nitrogen and oxygen atoms in total. The van der Waals surface area contributed by atoms with Crippen LogP contribution in [0.3, 0.4) is 0 Å². The van der Waals surface area contributed by atoms with E-state index in [9.17, 15) is 0 Å². The number of alkyl halides is 1. The van der Waals surface area contributed by atoms with Gasteiger partial charge in [-0.1, -0.05) is 0 Å². The van der Waals surface area contributed by atoms with Crippen molar-refractivity contribution < 1.29 is 0 Å². The molecule has 1 saturated carbocycles. The van der Waals surface area contributed by atoms with Crippen molar-refractivity contribution in [3.63, 3.8) is 0 Å². The Morgan fingerprint density at radius 1 is 1.62 bits per heavy atom. The lowest BCUT2D eigenvalue weighted by molar-refractivity contribution is 0.894. The number of nitrogens with zero attached hydrogens (tertiary/aromatic N) is 2. The summed E-state index contributed by atoms with van der Waals surface area (Å²) < 4.78 is 1.95. The zero-order chi connectivity index (χ0) is 8.84. The van der Waals surface area contributed by atoms with Gasteiger partial charge in [-0.15, -0.1) is 11.6 Å². The van der Waals surface area contributed by atoms with Crippen LogP contribution in [-0.2, 0) is 5.88 Å². The molecular formula is C9H10ClN3. The Hall–Kier alpha value is -0.960. The third-order valence-electron chi connectivity index (χ3n) is 2.60. The lowest BCUT2D eigenvalue weighted by atomic mass is 10.2. The first-order valence-corrected chi connectivity index (χ1v) is 5.03. The number of nitrogens with one attached hydrogen (secondary N) is 1. The summed E-state index contributed by atoms with van der Waals surface area (Å²) in [6.45, 7) is 0. The topological polar surface area (TPSA) is 33.1 Å². The fraction of sp³-hybridized carbons (Fsp3) is 0.444. The Balaban J connectivity index is 2.25. The van der Waals surface area contributed by atoms with E-state index < -0.39 is 0 Å². The van der Waals surface area contributed by atoms with Crippen molar-refractivity contribution in [2.75, 3.05) is 0 Å². The number of hydrogen-bond acceptors (Lipinski definition) is 1. The van der Waals surface area contributed by atoms with Gasteiger partial charge in [-0.05, 0) is 12.8 Å². The number of fused-ring (bicyclic) bond motifs is 1. The third kappa shape index (κ3) is 1.000. The number of aromatic nitrogens is 3. The number of H-pyrrole nitrogens is 1. The van der Waals surface area contributed by atoms with Gasteiger partial charge in [0, 0.05) is 29.6 Å². The van der Waals surface area contributed by atoms with Crippen molar-refractivity contribution >= 4 is 17.2 Å². The quantitative estimate of drug-likeness (QED) is 0.733. The second-order valence-corrected chi connectivity index (χ2v) is 3.80. The SMILES string of the molecule is ClCc1c(C2CC2)[nH]n2ccnc12. The van der Waals surface area contributed by atoms with Crippen molar-refractivity contribution in [1.29, 1.82) is 0 Å². The average Bonchev–Trinajstić information content (AvgIpc) is 2.76. The number of hydrogen-bond donors (Lipinski definition) is 1. The molecule has 68 valence electrons. The first-order chi connectivity index (χ1) is 6.40. The van der Waals surface area contributed by atoms with Crippen LogP contribution in [0.4, 0.5) is 0 Å². The Labute approximate surface area is 80.7 Å². The summed E-state index contributed by atoms with van der Waals surface area (Å²) in [5, 5.41) is 3.33. The Morgan fingerprint density at radius 2 is 2.46 bits per heavy atom. The van der Waals surface area contributed by atoms with E-state index in [0.29, 0.717) is 11.8 Å². The van der Waals surface area contributed by atoms with E-state index in [0.717, 1.165) is 5.65 Å². The summed E-state index contributed by atoms with van der Waals surface area (Å²) in [4.78, 5) is 4.27. The Bertz CT molecular complexity index is 439. The van der Waals surface area contributed by atoms with Gasteiger partial charge in [0.25, 0.3) is 0 Å². The molecule has 2 heterocycles. The molecule has 1 fully saturated rings. The fourth-order valence-electron chi connectivity index (χ4n) is 1.78. The van der Waals surface area contributed by atoms with Gasteiger partial charge in [-0.25, -0.2) is 9.50 Å². The summed E-state index contributed by atoms with van der Waals surface area (Å²) in [6, 6.07) is 0. The molecule has 0 bridgehead atoms. The number of rotatable bonds is 2. The van der Waals surface area contributed by atoms with Crippen LogP contribution in [-0.4, -0.2) is 14.6 Å². The number of aromatic amines is 1. The maximum atomic E-state index is 5.91. The first-order valence-electron chi connectivity index (χ1n) is 4.50. The molecule has 1 N–H and O–H groups in total. The van der Waals surface area contributed by atoms with Crippen LogP contribution in [0.2, 0.25) is 0 Å². The maximum Gasteiger partial charge on any atom is 0.157 e. The summed E-state index contributed by atoms with van der Waals surface area (Å²) in [5.74, 6) is 1.26. The highest BCUT2D eigenvalue weighted by Gasteiger charge is 2.29. The van der Waals surface area contributed by atoms with Gasteiger partial charge in [-0.3, -0.25) is 5.10 Å². The van der Waals surface area contributed by atoms with E-state index in [1.165, 1.54) is 24.1 Å². The highest BCUT2D eigenvalue weighted by molar-refractivity contribution is 6.17. The molecule has 13 heavy (non-hydrogen) atoms. The molecule has 2 aromatic rings. The van der Waals surface area contributed by atoms with Crippen molar-refractivity contribution in [3.05, 3.63) is 23.7 Å². The molecule has 1 aliphatic rings. The largest absolute Gasteiger partial charge is 0.296 e. The van der Waals surface area contributed by atoms with Crippen molar-refractivity contribution in [2.45, 2.75) is 24.6 Å². The predicted molar refractivity (Wildman–Crippen MR) is 51.1 cm³/mol. The minimum Gasteiger partial charge on any atom is -0.296 e. The van der Waals surface area contributed by atoms with E-state index >= 15 is 0 Å². The van der Waals surface area contributed by atoms with Crippen LogP contribution in [0.15, 0.2) is 12.4 Å². The zero-order valence-electron chi connectivity index (χ0n) is 7.13. The van der Waals surface area contributed by atoms with E-state index in [1.54, 1.807) is 6.20 Å². The molecule has 0 amide bonds. The normalized spacial score (nSPS) is 17.0. The zero-order valence-corrected chi connectivity index (χ0v) is 7.88. The minimum absolute atomic E-state index is 0.551. The van der Waals surface area contributed by atoms with Gasteiger partial charge >= 0.3 is 0 Å². The third-order valence-corrected chi connectivity index (χ3v) is 2.86. The maximum absolute atomic E-state index is 5.91. The van der Waals surface area contributed by atoms with Gasteiger partial charge in [0.15, 0.2) is 5.65 Å². The summed E-state index contributed by atoms with van der Waals surface area (Å²) in [5.41, 5.74) is 3.45. The Morgan fingerprint density at radius 3 is 3.15 bits per heavy atom. The molecule has 2 aromatic heterocycles. The van der Waals surface area contributed by atoms with Gasteiger partial charge in [0.05, 0.1) is 5.88 Å². The Kier molecular flexibility index (Phi) is 1.44. The standard InChI is InChI=1S/C9H10ClN3/c10-5-7-8(6-1-2-6)12-13-4-3-11-9(7)13/h3-4,6,12H,1-2,5H2. The lowest BCUT2D eigenvalue weighted by Crippen LogP contribution is -1.86. The molecule has 0 aliphatic heterocycles. The second kappa shape index (κ2) is 2.51. The molecule has 0 atom stereocenters. The first kappa shape index (κ1) is 7.44. The summed E-state index contributed by atoms with van der Waals surface area (Å²) >= 11 is 5.91. The molecule has 1 aliphatic carbocycles. The lowest BCUT2D eigenvalue weighted by Gasteiger charge is -1.94. The van der Waals surface area contributed by atoms with E-state index in [1.807, 2.05) is 10.7 Å². The summed E-state index contributed by atoms with van der Waals surface area (Å²) in [6.07, 6.45) is 6.29. The van der Waals surface area contributed by atoms with Gasteiger partial charge in [0.1, 0.15) is 0 Å². The monoisotopic (exact) mass is 195 g/mol. The highest BCUT2D eigenvalue weighted by Crippen LogP contribution is 2.41. The van der Waals surface area contributed by atoms with Crippen LogP contribution in [0.1, 0.15) is 30.0 Å². The predicted octanol–water partition coefficient (Wildman–Crippen LogP) is 2.28. The van der Waals surface area contributed by atoms with E-state index in [-0.39, 0.29) is 0 Å². The molecule has 0 aromatic carbocycles. The van der Waals surface area contributed by atoms with E-state index in [2.05, 4.69) is 10.1 Å². The molecule has 0 radical (unpaired) electrons. The highest BCUT2D eigenvalue weighted by atomic mass is 35.5. The summed E-state index contributed by atoms with van der Waals surface area (Å²) in [7, 11) is 0. The number of halogens is 1. The molecule has 0 saturated heterocycles. The van der Waals surface area contributed by atoms with Crippen molar-refractivity contribution in [3.8, 4) is 0 Å². The van der Waals surface area contributed by atoms with Gasteiger partial charge < -0.3 is 0 Å². The van der Waals surface area contributed by atoms with Crippen molar-refractivity contribution in [1.82, 2.24) is 14.6 Å². The van der Waals surface area contributed by atoms with E-state index in [4.69, 9.17) is 11.6 Å². The fourth-order valence-corrected chi connectivity index (χ4v) is 2.04. The molecule has 0 unspecified atom stereocenters. The van der Waals surface area contributed by atoms with Gasteiger partial charge in [0.2, 0.25) is 0 Å². The molecule has 4 heteroatoms. The smallest absolute Gasteiger partial charge is 0.157 e. The second-order valence-electron chi connectivity index (χ2n) is 3.53. The average molecular weight is 196 g/mol. The van der Waals surface area contributed by atoms with Crippen LogP contribution in [0, 0.1) is 0 Å². The minimum atomic E-state index is 0.551. The van der Waals surface area contributed by atoms with Crippen LogP contribution < -0.4 is 0 Å². The van der Waals surface area contributed by atoms with Gasteiger partial charge in [-0.2, -0.15) is 0 Å². The molecular weight excluding hydrogens is 186 g/mol. The van der Waals surface area contributed by atoms with Crippen LogP contribution in [0.25, 0.3) is 5.65 Å².